The summed E-state index contributed by atoms with van der Waals surface area (Å²) < 4.78 is 0. The highest BCUT2D eigenvalue weighted by Crippen LogP contribution is 2.04. The molecule has 3 amide bonds. The highest BCUT2D eigenvalue weighted by molar-refractivity contribution is 5.94. The van der Waals surface area contributed by atoms with Crippen molar-refractivity contribution in [3.05, 3.63) is 36.4 Å². The van der Waals surface area contributed by atoms with Gasteiger partial charge in [-0.15, -0.1) is 0 Å². The molecule has 0 spiro atoms. The van der Waals surface area contributed by atoms with Crippen LogP contribution in [0.1, 0.15) is 25.2 Å². The van der Waals surface area contributed by atoms with Gasteiger partial charge in [0.1, 0.15) is 18.1 Å². The van der Waals surface area contributed by atoms with Gasteiger partial charge in [0.25, 0.3) is 0 Å². The average molecular weight is 434 g/mol. The molecule has 2 aromatic rings. The minimum Gasteiger partial charge on any atom is -0.480 e. The molecule has 0 aliphatic rings. The van der Waals surface area contributed by atoms with Crippen LogP contribution in [0.4, 0.5) is 0 Å². The Hall–Kier alpha value is -3.74. The third-order valence-electron chi connectivity index (χ3n) is 4.35. The molecule has 0 aliphatic heterocycles. The van der Waals surface area contributed by atoms with Crippen molar-refractivity contribution >= 4 is 23.7 Å². The number of nitrogens with zero attached hydrogens (tertiary/aromatic N) is 2. The number of amides is 3. The molecule has 2 aromatic heterocycles. The number of nitrogens with one attached hydrogen (secondary N) is 5. The zero-order valence-electron chi connectivity index (χ0n) is 17.1. The van der Waals surface area contributed by atoms with E-state index in [4.69, 9.17) is 5.73 Å². The maximum Gasteiger partial charge on any atom is 0.326 e. The zero-order chi connectivity index (χ0) is 23.0. The van der Waals surface area contributed by atoms with Crippen LogP contribution in [0.15, 0.2) is 25.0 Å². The molecule has 168 valence electrons. The van der Waals surface area contributed by atoms with Crippen molar-refractivity contribution in [3.8, 4) is 0 Å². The van der Waals surface area contributed by atoms with E-state index in [1.54, 1.807) is 6.20 Å². The van der Waals surface area contributed by atoms with Gasteiger partial charge in [-0.1, -0.05) is 0 Å². The van der Waals surface area contributed by atoms with Crippen LogP contribution in [-0.4, -0.2) is 72.9 Å². The topological polar surface area (TPSA) is 208 Å². The normalized spacial score (nSPS) is 14.7. The number of hydrogen-bond acceptors (Lipinski definition) is 7. The van der Waals surface area contributed by atoms with Gasteiger partial charge in [0.05, 0.1) is 30.1 Å². The van der Waals surface area contributed by atoms with Crippen LogP contribution in [-0.2, 0) is 32.0 Å². The molecule has 31 heavy (non-hydrogen) atoms. The Kier molecular flexibility index (Phi) is 8.25. The van der Waals surface area contributed by atoms with E-state index in [0.717, 1.165) is 0 Å². The van der Waals surface area contributed by atoms with Gasteiger partial charge >= 0.3 is 5.97 Å². The Morgan fingerprint density at radius 2 is 1.42 bits per heavy atom. The van der Waals surface area contributed by atoms with Gasteiger partial charge in [0, 0.05) is 25.2 Å². The Bertz CT molecular complexity index is 881. The fraction of sp³-hybridized carbons (Fsp3) is 0.444. The van der Waals surface area contributed by atoms with Crippen LogP contribution in [0.2, 0.25) is 0 Å². The van der Waals surface area contributed by atoms with E-state index in [-0.39, 0.29) is 12.8 Å². The van der Waals surface area contributed by atoms with Crippen LogP contribution in [0.3, 0.4) is 0 Å². The Morgan fingerprint density at radius 3 is 1.87 bits per heavy atom. The maximum absolute atomic E-state index is 12.8. The molecule has 0 aliphatic carbocycles. The number of aromatic nitrogens is 4. The molecule has 2 rings (SSSR count). The first-order valence-electron chi connectivity index (χ1n) is 9.52. The number of aromatic amines is 2. The van der Waals surface area contributed by atoms with Gasteiger partial charge in [-0.25, -0.2) is 14.8 Å². The van der Waals surface area contributed by atoms with E-state index in [1.807, 2.05) is 0 Å². The first-order valence-corrected chi connectivity index (χ1v) is 9.52. The van der Waals surface area contributed by atoms with Crippen molar-refractivity contribution in [1.82, 2.24) is 35.9 Å². The molecular weight excluding hydrogens is 408 g/mol. The van der Waals surface area contributed by atoms with E-state index in [0.29, 0.717) is 11.4 Å². The number of hydrogen-bond donors (Lipinski definition) is 7. The number of carboxylic acids is 1. The highest BCUT2D eigenvalue weighted by atomic mass is 16.4. The first-order chi connectivity index (χ1) is 14.7. The summed E-state index contributed by atoms with van der Waals surface area (Å²) in [6.45, 7) is 2.91. The summed E-state index contributed by atoms with van der Waals surface area (Å²) in [7, 11) is 0. The van der Waals surface area contributed by atoms with Gasteiger partial charge < -0.3 is 36.8 Å². The van der Waals surface area contributed by atoms with E-state index >= 15 is 0 Å². The van der Waals surface area contributed by atoms with Crippen molar-refractivity contribution in [1.29, 1.82) is 0 Å². The van der Waals surface area contributed by atoms with Gasteiger partial charge in [-0.05, 0) is 13.8 Å². The van der Waals surface area contributed by atoms with Gasteiger partial charge in [-0.3, -0.25) is 14.4 Å². The summed E-state index contributed by atoms with van der Waals surface area (Å²) >= 11 is 0. The summed E-state index contributed by atoms with van der Waals surface area (Å²) in [5.41, 5.74) is 6.41. The molecular formula is C18H26N8O5. The standard InChI is InChI=1S/C18H26N8O5/c1-9(19)15(27)24-10(2)16(28)25-13(3-11-5-20-7-22-11)17(29)26-14(18(30)31)4-12-6-21-8-23-12/h5-10,13-14H,3-4,19H2,1-2H3,(H,20,22)(H,21,23)(H,24,27)(H,25,28)(H,26,29)(H,30,31)/t9-,10-,13-,14-/m0/s1. The summed E-state index contributed by atoms with van der Waals surface area (Å²) in [5, 5.41) is 16.8. The van der Waals surface area contributed by atoms with Crippen molar-refractivity contribution in [3.63, 3.8) is 0 Å². The lowest BCUT2D eigenvalue weighted by Crippen LogP contribution is -2.57. The lowest BCUT2D eigenvalue weighted by molar-refractivity contribution is -0.142. The van der Waals surface area contributed by atoms with E-state index in [9.17, 15) is 24.3 Å². The van der Waals surface area contributed by atoms with E-state index in [2.05, 4.69) is 35.9 Å². The van der Waals surface area contributed by atoms with Crippen LogP contribution >= 0.6 is 0 Å². The largest absolute Gasteiger partial charge is 0.480 e. The second kappa shape index (κ2) is 10.9. The predicted molar refractivity (Wildman–Crippen MR) is 107 cm³/mol. The number of carboxylic acid groups (broad SMARTS) is 1. The maximum atomic E-state index is 12.8. The molecule has 13 nitrogen and oxygen atoms in total. The highest BCUT2D eigenvalue weighted by Gasteiger charge is 2.29. The fourth-order valence-corrected chi connectivity index (χ4v) is 2.61. The Morgan fingerprint density at radius 1 is 0.903 bits per heavy atom. The quantitative estimate of drug-likeness (QED) is 0.206. The molecule has 13 heteroatoms. The van der Waals surface area contributed by atoms with Gasteiger partial charge in [-0.2, -0.15) is 0 Å². The monoisotopic (exact) mass is 434 g/mol. The molecule has 0 radical (unpaired) electrons. The number of carbonyl (C=O) groups excluding carboxylic acids is 3. The summed E-state index contributed by atoms with van der Waals surface area (Å²) in [4.78, 5) is 62.1. The molecule has 0 bridgehead atoms. The molecule has 0 aromatic carbocycles. The number of imidazole rings is 2. The van der Waals surface area contributed by atoms with Crippen LogP contribution in [0.25, 0.3) is 0 Å². The number of H-pyrrole nitrogens is 2. The number of rotatable bonds is 11. The molecule has 0 unspecified atom stereocenters. The van der Waals surface area contributed by atoms with Crippen molar-refractivity contribution < 1.29 is 24.3 Å². The second-order valence-electron chi connectivity index (χ2n) is 7.01. The van der Waals surface area contributed by atoms with Crippen molar-refractivity contribution in [2.75, 3.05) is 0 Å². The zero-order valence-corrected chi connectivity index (χ0v) is 17.1. The smallest absolute Gasteiger partial charge is 0.326 e. The number of carbonyl (C=O) groups is 4. The fourth-order valence-electron chi connectivity index (χ4n) is 2.61. The predicted octanol–water partition coefficient (Wildman–Crippen LogP) is -2.18. The Labute approximate surface area is 177 Å². The molecule has 4 atom stereocenters. The summed E-state index contributed by atoms with van der Waals surface area (Å²) in [6, 6.07) is -4.17. The summed E-state index contributed by atoms with van der Waals surface area (Å²) in [6.07, 6.45) is 5.84. The third kappa shape index (κ3) is 7.22. The second-order valence-corrected chi connectivity index (χ2v) is 7.01. The number of nitrogens with two attached hydrogens (primary N) is 1. The Balaban J connectivity index is 2.10. The molecule has 8 N–H and O–H groups in total. The minimum atomic E-state index is -1.26. The number of aliphatic carboxylic acids is 1. The van der Waals surface area contributed by atoms with E-state index in [1.165, 1.54) is 32.7 Å². The molecule has 0 saturated heterocycles. The van der Waals surface area contributed by atoms with Crippen LogP contribution in [0, 0.1) is 0 Å². The molecule has 0 fully saturated rings. The third-order valence-corrected chi connectivity index (χ3v) is 4.35. The average Bonchev–Trinajstić information content (AvgIpc) is 3.40. The van der Waals surface area contributed by atoms with Crippen molar-refractivity contribution in [2.24, 2.45) is 5.73 Å². The SMILES string of the molecule is C[C@H](N)C(=O)N[C@@H](C)C(=O)N[C@@H](Cc1c[nH]cn1)C(=O)N[C@@H](Cc1c[nH]cn1)C(=O)O. The van der Waals surface area contributed by atoms with Crippen LogP contribution < -0.4 is 21.7 Å². The van der Waals surface area contributed by atoms with Gasteiger partial charge in [0.15, 0.2) is 0 Å². The first kappa shape index (κ1) is 23.5. The minimum absolute atomic E-state index is 0.00375. The molecule has 0 saturated carbocycles. The van der Waals surface area contributed by atoms with E-state index < -0.39 is 47.9 Å². The lowest BCUT2D eigenvalue weighted by Gasteiger charge is -2.23. The molecule has 2 heterocycles. The van der Waals surface area contributed by atoms with Crippen LogP contribution in [0.5, 0.6) is 0 Å². The van der Waals surface area contributed by atoms with Crippen molar-refractivity contribution in [2.45, 2.75) is 50.9 Å². The lowest BCUT2D eigenvalue weighted by atomic mass is 10.1. The van der Waals surface area contributed by atoms with Gasteiger partial charge in [0.2, 0.25) is 17.7 Å². The summed E-state index contributed by atoms with van der Waals surface area (Å²) in [5.74, 6) is -3.13.